The first-order valence-electron chi connectivity index (χ1n) is 10.6. The van der Waals surface area contributed by atoms with E-state index in [1.807, 2.05) is 30.3 Å². The SMILES string of the molecule is N#CC1=c2cc(-c3ccc(C(=O)N4CCN(C(=O)C5(O)COC5)CC4)cc3)ccc2=NC1. The van der Waals surface area contributed by atoms with Crippen molar-refractivity contribution in [3.63, 3.8) is 0 Å². The van der Waals surface area contributed by atoms with Crippen LogP contribution in [-0.4, -0.2) is 78.3 Å². The highest BCUT2D eigenvalue weighted by molar-refractivity contribution is 5.95. The highest BCUT2D eigenvalue weighted by Gasteiger charge is 2.46. The van der Waals surface area contributed by atoms with Gasteiger partial charge in [0.15, 0.2) is 5.60 Å². The van der Waals surface area contributed by atoms with Crippen LogP contribution in [0.2, 0.25) is 0 Å². The van der Waals surface area contributed by atoms with Crippen LogP contribution in [0, 0.1) is 11.3 Å². The van der Waals surface area contributed by atoms with E-state index in [-0.39, 0.29) is 25.0 Å². The number of carbonyl (C=O) groups excluding carboxylic acids is 2. The fourth-order valence-corrected chi connectivity index (χ4v) is 4.25. The number of nitriles is 1. The molecule has 8 heteroatoms. The summed E-state index contributed by atoms with van der Waals surface area (Å²) in [5, 5.41) is 21.1. The van der Waals surface area contributed by atoms with Gasteiger partial charge in [0.25, 0.3) is 11.8 Å². The maximum absolute atomic E-state index is 12.9. The van der Waals surface area contributed by atoms with Crippen LogP contribution in [0.5, 0.6) is 0 Å². The van der Waals surface area contributed by atoms with Gasteiger partial charge in [-0.25, -0.2) is 0 Å². The Kier molecular flexibility index (Phi) is 5.00. The Morgan fingerprint density at radius 3 is 2.28 bits per heavy atom. The minimum absolute atomic E-state index is 0.0339. The van der Waals surface area contributed by atoms with Crippen LogP contribution >= 0.6 is 0 Å². The lowest BCUT2D eigenvalue weighted by Gasteiger charge is -2.42. The number of piperazine rings is 1. The Morgan fingerprint density at radius 2 is 1.66 bits per heavy atom. The largest absolute Gasteiger partial charge is 0.376 e. The molecule has 0 radical (unpaired) electrons. The molecule has 8 nitrogen and oxygen atoms in total. The standard InChI is InChI=1S/C24H22N4O4/c25-12-19-13-26-21-6-5-18(11-20(19)21)16-1-3-17(4-2-16)22(29)27-7-9-28(10-8-27)23(30)24(31)14-32-15-24/h1-6,11,31H,7-10,13-15H2. The van der Waals surface area contributed by atoms with Crippen LogP contribution < -0.4 is 10.6 Å². The predicted octanol–water partition coefficient (Wildman–Crippen LogP) is -0.293. The molecule has 0 aromatic heterocycles. The van der Waals surface area contributed by atoms with Gasteiger partial charge in [-0.1, -0.05) is 18.2 Å². The third-order valence-electron chi connectivity index (χ3n) is 6.26. The van der Waals surface area contributed by atoms with E-state index in [9.17, 15) is 20.0 Å². The van der Waals surface area contributed by atoms with E-state index in [1.54, 1.807) is 21.9 Å². The van der Waals surface area contributed by atoms with Crippen molar-refractivity contribution < 1.29 is 19.4 Å². The number of benzene rings is 2. The average Bonchev–Trinajstić information content (AvgIpc) is 3.24. The molecule has 162 valence electrons. The number of hydrogen-bond acceptors (Lipinski definition) is 6. The molecule has 5 rings (SSSR count). The van der Waals surface area contributed by atoms with Gasteiger partial charge in [0, 0.05) is 37.0 Å². The van der Waals surface area contributed by atoms with E-state index in [0.29, 0.717) is 43.9 Å². The summed E-state index contributed by atoms with van der Waals surface area (Å²) in [5.74, 6) is -0.402. The minimum atomic E-state index is -1.40. The van der Waals surface area contributed by atoms with E-state index < -0.39 is 5.60 Å². The highest BCUT2D eigenvalue weighted by atomic mass is 16.5. The minimum Gasteiger partial charge on any atom is -0.376 e. The second-order valence-corrected chi connectivity index (χ2v) is 8.32. The zero-order valence-corrected chi connectivity index (χ0v) is 17.5. The van der Waals surface area contributed by atoms with Gasteiger partial charge in [0.05, 0.1) is 36.8 Å². The Labute approximate surface area is 184 Å². The average molecular weight is 430 g/mol. The molecule has 3 heterocycles. The number of fused-ring (bicyclic) bond motifs is 1. The third-order valence-corrected chi connectivity index (χ3v) is 6.26. The normalized spacial score (nSPS) is 18.9. The van der Waals surface area contributed by atoms with Crippen molar-refractivity contribution in [2.45, 2.75) is 5.60 Å². The molecule has 32 heavy (non-hydrogen) atoms. The van der Waals surface area contributed by atoms with Gasteiger partial charge in [0.2, 0.25) is 0 Å². The molecule has 0 spiro atoms. The zero-order chi connectivity index (χ0) is 22.3. The molecule has 1 N–H and O–H groups in total. The van der Waals surface area contributed by atoms with Crippen LogP contribution in [0.1, 0.15) is 10.4 Å². The van der Waals surface area contributed by atoms with Crippen LogP contribution in [-0.2, 0) is 9.53 Å². The number of aliphatic hydroxyl groups is 1. The Morgan fingerprint density at radius 1 is 1.00 bits per heavy atom. The van der Waals surface area contributed by atoms with Crippen molar-refractivity contribution in [3.05, 3.63) is 58.6 Å². The molecule has 0 saturated carbocycles. The maximum Gasteiger partial charge on any atom is 0.259 e. The fraction of sp³-hybridized carbons (Fsp3) is 0.333. The molecule has 0 atom stereocenters. The molecule has 2 aromatic carbocycles. The Balaban J connectivity index is 1.26. The summed E-state index contributed by atoms with van der Waals surface area (Å²) in [6.07, 6.45) is 0. The highest BCUT2D eigenvalue weighted by Crippen LogP contribution is 2.22. The summed E-state index contributed by atoms with van der Waals surface area (Å²) < 4.78 is 4.96. The van der Waals surface area contributed by atoms with Gasteiger partial charge >= 0.3 is 0 Å². The number of ether oxygens (including phenoxy) is 1. The van der Waals surface area contributed by atoms with Crippen molar-refractivity contribution in [2.24, 2.45) is 4.99 Å². The first-order valence-corrected chi connectivity index (χ1v) is 10.6. The Bertz CT molecular complexity index is 1250. The number of rotatable bonds is 3. The summed E-state index contributed by atoms with van der Waals surface area (Å²) >= 11 is 0. The molecule has 0 unspecified atom stereocenters. The lowest BCUT2D eigenvalue weighted by molar-refractivity contribution is -0.201. The summed E-state index contributed by atoms with van der Waals surface area (Å²) in [6.45, 7) is 2.12. The molecule has 2 saturated heterocycles. The van der Waals surface area contributed by atoms with Gasteiger partial charge in [-0.15, -0.1) is 0 Å². The molecule has 2 fully saturated rings. The molecule has 0 bridgehead atoms. The topological polar surface area (TPSA) is 106 Å². The molecule has 3 aliphatic rings. The summed E-state index contributed by atoms with van der Waals surface area (Å²) in [4.78, 5) is 33.0. The van der Waals surface area contributed by atoms with Crippen LogP contribution in [0.25, 0.3) is 16.7 Å². The van der Waals surface area contributed by atoms with E-state index in [0.717, 1.165) is 21.7 Å². The predicted molar refractivity (Wildman–Crippen MR) is 115 cm³/mol. The van der Waals surface area contributed by atoms with Crippen LogP contribution in [0.15, 0.2) is 47.5 Å². The van der Waals surface area contributed by atoms with Crippen molar-refractivity contribution >= 4 is 17.4 Å². The number of carbonyl (C=O) groups is 2. The fourth-order valence-electron chi connectivity index (χ4n) is 4.25. The lowest BCUT2D eigenvalue weighted by Crippen LogP contribution is -2.64. The molecule has 2 amide bonds. The second kappa shape index (κ2) is 7.86. The maximum atomic E-state index is 12.9. The zero-order valence-electron chi connectivity index (χ0n) is 17.5. The van der Waals surface area contributed by atoms with E-state index >= 15 is 0 Å². The Hall–Kier alpha value is -3.54. The van der Waals surface area contributed by atoms with Crippen molar-refractivity contribution in [2.75, 3.05) is 45.9 Å². The second-order valence-electron chi connectivity index (χ2n) is 8.32. The molecular weight excluding hydrogens is 408 g/mol. The summed E-state index contributed by atoms with van der Waals surface area (Å²) in [5.41, 5.74) is 1.78. The van der Waals surface area contributed by atoms with Gasteiger partial charge in [-0.3, -0.25) is 14.6 Å². The first kappa shape index (κ1) is 20.4. The van der Waals surface area contributed by atoms with Crippen molar-refractivity contribution in [1.82, 2.24) is 9.80 Å². The van der Waals surface area contributed by atoms with Crippen LogP contribution in [0.4, 0.5) is 0 Å². The van der Waals surface area contributed by atoms with E-state index in [1.165, 1.54) is 0 Å². The lowest BCUT2D eigenvalue weighted by atomic mass is 10.00. The molecule has 2 aromatic rings. The van der Waals surface area contributed by atoms with Gasteiger partial charge in [-0.2, -0.15) is 5.26 Å². The van der Waals surface area contributed by atoms with Crippen molar-refractivity contribution in [1.29, 1.82) is 5.26 Å². The molecular formula is C24H22N4O4. The van der Waals surface area contributed by atoms with E-state index in [4.69, 9.17) is 4.74 Å². The molecule has 3 aliphatic heterocycles. The third kappa shape index (κ3) is 3.45. The van der Waals surface area contributed by atoms with Crippen LogP contribution in [0.3, 0.4) is 0 Å². The first-order chi connectivity index (χ1) is 15.5. The summed E-state index contributed by atoms with van der Waals surface area (Å²) in [6, 6.07) is 15.5. The smallest absolute Gasteiger partial charge is 0.259 e. The van der Waals surface area contributed by atoms with E-state index in [2.05, 4.69) is 11.1 Å². The number of nitrogens with zero attached hydrogens (tertiary/aromatic N) is 4. The van der Waals surface area contributed by atoms with Gasteiger partial charge in [0.1, 0.15) is 0 Å². The number of hydrogen-bond donors (Lipinski definition) is 1. The van der Waals surface area contributed by atoms with Gasteiger partial charge < -0.3 is 19.6 Å². The van der Waals surface area contributed by atoms with Gasteiger partial charge in [-0.05, 0) is 35.4 Å². The molecule has 0 aliphatic carbocycles. The monoisotopic (exact) mass is 430 g/mol. The summed E-state index contributed by atoms with van der Waals surface area (Å²) in [7, 11) is 0. The van der Waals surface area contributed by atoms with Crippen molar-refractivity contribution in [3.8, 4) is 17.2 Å². The number of amides is 2. The quantitative estimate of drug-likeness (QED) is 0.720.